The summed E-state index contributed by atoms with van der Waals surface area (Å²) in [6.07, 6.45) is 6.77. The Balaban J connectivity index is 2.59. The van der Waals surface area contributed by atoms with Crippen molar-refractivity contribution in [2.75, 3.05) is 6.61 Å². The van der Waals surface area contributed by atoms with Crippen LogP contribution in [-0.4, -0.2) is 23.2 Å². The third-order valence-corrected chi connectivity index (χ3v) is 2.92. The number of amides is 1. The number of nitrogens with one attached hydrogen (secondary N) is 1. The predicted molar refractivity (Wildman–Crippen MR) is 60.5 cm³/mol. The van der Waals surface area contributed by atoms with Crippen molar-refractivity contribution in [3.05, 3.63) is 11.6 Å². The van der Waals surface area contributed by atoms with Gasteiger partial charge in [0.1, 0.15) is 0 Å². The highest BCUT2D eigenvalue weighted by Gasteiger charge is 2.32. The maximum absolute atomic E-state index is 11.6. The van der Waals surface area contributed by atoms with Crippen molar-refractivity contribution < 1.29 is 9.90 Å². The second-order valence-electron chi connectivity index (χ2n) is 4.71. The van der Waals surface area contributed by atoms with E-state index in [4.69, 9.17) is 0 Å². The third kappa shape index (κ3) is 3.67. The molecule has 0 heterocycles. The Morgan fingerprint density at radius 3 is 2.40 bits per heavy atom. The van der Waals surface area contributed by atoms with Crippen LogP contribution in [0.3, 0.4) is 0 Å². The summed E-state index contributed by atoms with van der Waals surface area (Å²) in [5.74, 6) is -0.0778. The minimum Gasteiger partial charge on any atom is -0.394 e. The molecule has 1 aliphatic carbocycles. The molecule has 0 saturated heterocycles. The summed E-state index contributed by atoms with van der Waals surface area (Å²) in [4.78, 5) is 11.6. The summed E-state index contributed by atoms with van der Waals surface area (Å²) in [6, 6.07) is 0. The molecule has 1 rings (SSSR count). The lowest BCUT2D eigenvalue weighted by Gasteiger charge is -2.36. The Morgan fingerprint density at radius 2 is 1.93 bits per heavy atom. The van der Waals surface area contributed by atoms with Crippen molar-refractivity contribution >= 4 is 5.91 Å². The maximum atomic E-state index is 11.6. The lowest BCUT2D eigenvalue weighted by atomic mass is 9.82. The third-order valence-electron chi connectivity index (χ3n) is 2.92. The Labute approximate surface area is 91.6 Å². The van der Waals surface area contributed by atoms with Gasteiger partial charge in [-0.25, -0.2) is 0 Å². The van der Waals surface area contributed by atoms with Gasteiger partial charge in [0.2, 0.25) is 5.91 Å². The normalized spacial score (nSPS) is 19.4. The van der Waals surface area contributed by atoms with Crippen LogP contribution >= 0.6 is 0 Å². The zero-order valence-electron chi connectivity index (χ0n) is 9.68. The molecule has 3 heteroatoms. The fourth-order valence-corrected chi connectivity index (χ4v) is 2.11. The maximum Gasteiger partial charge on any atom is 0.244 e. The molecule has 0 aliphatic heterocycles. The van der Waals surface area contributed by atoms with Crippen molar-refractivity contribution in [1.29, 1.82) is 0 Å². The first-order valence-corrected chi connectivity index (χ1v) is 5.66. The van der Waals surface area contributed by atoms with Gasteiger partial charge in [0, 0.05) is 6.08 Å². The molecule has 3 nitrogen and oxygen atoms in total. The van der Waals surface area contributed by atoms with E-state index in [9.17, 15) is 9.90 Å². The second kappa shape index (κ2) is 5.31. The zero-order valence-corrected chi connectivity index (χ0v) is 9.68. The van der Waals surface area contributed by atoms with Crippen LogP contribution in [0.2, 0.25) is 0 Å². The van der Waals surface area contributed by atoms with E-state index < -0.39 is 0 Å². The van der Waals surface area contributed by atoms with Gasteiger partial charge in [0.15, 0.2) is 0 Å². The lowest BCUT2D eigenvalue weighted by molar-refractivity contribution is -0.119. The van der Waals surface area contributed by atoms with Gasteiger partial charge in [-0.2, -0.15) is 0 Å². The molecule has 0 bridgehead atoms. The van der Waals surface area contributed by atoms with E-state index in [2.05, 4.69) is 5.32 Å². The van der Waals surface area contributed by atoms with Crippen LogP contribution in [0.5, 0.6) is 0 Å². The van der Waals surface area contributed by atoms with Crippen molar-refractivity contribution in [3.8, 4) is 0 Å². The second-order valence-corrected chi connectivity index (χ2v) is 4.71. The van der Waals surface area contributed by atoms with E-state index >= 15 is 0 Å². The van der Waals surface area contributed by atoms with Gasteiger partial charge in [0.25, 0.3) is 0 Å². The van der Waals surface area contributed by atoms with Gasteiger partial charge in [-0.3, -0.25) is 4.79 Å². The summed E-state index contributed by atoms with van der Waals surface area (Å²) in [6.45, 7) is 3.84. The SMILES string of the molecule is CC(C)=CC(=O)NC1(CO)CCCCC1. The number of aliphatic hydroxyl groups excluding tert-OH is 1. The van der Waals surface area contributed by atoms with E-state index in [1.165, 1.54) is 6.42 Å². The average molecular weight is 211 g/mol. The first-order chi connectivity index (χ1) is 7.08. The molecular formula is C12H21NO2. The minimum atomic E-state index is -0.360. The number of hydrogen-bond acceptors (Lipinski definition) is 2. The Hall–Kier alpha value is -0.830. The molecule has 0 spiro atoms. The molecule has 1 amide bonds. The van der Waals surface area contributed by atoms with E-state index in [0.29, 0.717) is 0 Å². The van der Waals surface area contributed by atoms with Crippen LogP contribution in [0, 0.1) is 0 Å². The number of aliphatic hydroxyl groups is 1. The number of carbonyl (C=O) groups is 1. The zero-order chi connectivity index (χ0) is 11.3. The smallest absolute Gasteiger partial charge is 0.244 e. The first-order valence-electron chi connectivity index (χ1n) is 5.66. The molecule has 86 valence electrons. The lowest BCUT2D eigenvalue weighted by Crippen LogP contribution is -2.52. The fourth-order valence-electron chi connectivity index (χ4n) is 2.11. The Kier molecular flexibility index (Phi) is 4.33. The summed E-state index contributed by atoms with van der Waals surface area (Å²) in [7, 11) is 0. The molecule has 0 aromatic rings. The van der Waals surface area contributed by atoms with Crippen molar-refractivity contribution in [2.24, 2.45) is 0 Å². The predicted octanol–water partition coefficient (Wildman–Crippen LogP) is 1.76. The molecule has 0 aromatic heterocycles. The van der Waals surface area contributed by atoms with E-state index in [1.54, 1.807) is 6.08 Å². The monoisotopic (exact) mass is 211 g/mol. The summed E-state index contributed by atoms with van der Waals surface area (Å²) >= 11 is 0. The number of allylic oxidation sites excluding steroid dienone is 1. The van der Waals surface area contributed by atoms with Crippen LogP contribution in [-0.2, 0) is 4.79 Å². The Bertz CT molecular complexity index is 248. The number of carbonyl (C=O) groups excluding carboxylic acids is 1. The van der Waals surface area contributed by atoms with Gasteiger partial charge in [0.05, 0.1) is 12.1 Å². The summed E-state index contributed by atoms with van der Waals surface area (Å²) < 4.78 is 0. The van der Waals surface area contributed by atoms with Crippen LogP contribution in [0.1, 0.15) is 46.0 Å². The topological polar surface area (TPSA) is 49.3 Å². The minimum absolute atomic E-state index is 0.0509. The van der Waals surface area contributed by atoms with Crippen molar-refractivity contribution in [1.82, 2.24) is 5.32 Å². The summed E-state index contributed by atoms with van der Waals surface area (Å²) in [5, 5.41) is 12.3. The molecule has 15 heavy (non-hydrogen) atoms. The highest BCUT2D eigenvalue weighted by Crippen LogP contribution is 2.27. The average Bonchev–Trinajstić information content (AvgIpc) is 2.17. The molecule has 1 saturated carbocycles. The van der Waals surface area contributed by atoms with Gasteiger partial charge in [-0.15, -0.1) is 0 Å². The Morgan fingerprint density at radius 1 is 1.33 bits per heavy atom. The van der Waals surface area contributed by atoms with Crippen LogP contribution in [0.25, 0.3) is 0 Å². The molecule has 0 unspecified atom stereocenters. The highest BCUT2D eigenvalue weighted by molar-refractivity contribution is 5.88. The number of rotatable bonds is 3. The molecule has 0 radical (unpaired) electrons. The van der Waals surface area contributed by atoms with E-state index in [0.717, 1.165) is 31.3 Å². The molecule has 1 aliphatic rings. The van der Waals surface area contributed by atoms with Gasteiger partial charge < -0.3 is 10.4 Å². The van der Waals surface area contributed by atoms with Gasteiger partial charge >= 0.3 is 0 Å². The standard InChI is InChI=1S/C12H21NO2/c1-10(2)8-11(15)13-12(9-14)6-4-3-5-7-12/h8,14H,3-7,9H2,1-2H3,(H,13,15). The highest BCUT2D eigenvalue weighted by atomic mass is 16.3. The number of hydrogen-bond donors (Lipinski definition) is 2. The summed E-state index contributed by atoms with van der Waals surface area (Å²) in [5.41, 5.74) is 0.623. The van der Waals surface area contributed by atoms with Crippen molar-refractivity contribution in [2.45, 2.75) is 51.5 Å². The molecule has 0 atom stereocenters. The van der Waals surface area contributed by atoms with Gasteiger partial charge in [-0.1, -0.05) is 24.8 Å². The fraction of sp³-hybridized carbons (Fsp3) is 0.750. The van der Waals surface area contributed by atoms with Crippen LogP contribution in [0.15, 0.2) is 11.6 Å². The van der Waals surface area contributed by atoms with Crippen LogP contribution in [0.4, 0.5) is 0 Å². The van der Waals surface area contributed by atoms with E-state index in [1.807, 2.05) is 13.8 Å². The van der Waals surface area contributed by atoms with Crippen LogP contribution < -0.4 is 5.32 Å². The molecule has 0 aromatic carbocycles. The molecule has 2 N–H and O–H groups in total. The van der Waals surface area contributed by atoms with Gasteiger partial charge in [-0.05, 0) is 26.7 Å². The molecule has 1 fully saturated rings. The quantitative estimate of drug-likeness (QED) is 0.699. The first kappa shape index (κ1) is 12.2. The largest absolute Gasteiger partial charge is 0.394 e. The van der Waals surface area contributed by atoms with Crippen molar-refractivity contribution in [3.63, 3.8) is 0 Å². The molecular weight excluding hydrogens is 190 g/mol. The van der Waals surface area contributed by atoms with E-state index in [-0.39, 0.29) is 18.1 Å².